The first kappa shape index (κ1) is 23.4. The number of ether oxygens (including phenoxy) is 2. The van der Waals surface area contributed by atoms with Gasteiger partial charge in [0.15, 0.2) is 5.76 Å². The third-order valence-electron chi connectivity index (χ3n) is 4.19. The van der Waals surface area contributed by atoms with E-state index < -0.39 is 59.1 Å². The highest BCUT2D eigenvalue weighted by Crippen LogP contribution is 2.33. The molecular formula is C21H14F5N3O4. The predicted molar refractivity (Wildman–Crippen MR) is 106 cm³/mol. The van der Waals surface area contributed by atoms with Gasteiger partial charge in [-0.3, -0.25) is 15.6 Å². The molecule has 3 aromatic rings. The van der Waals surface area contributed by atoms with Gasteiger partial charge in [0, 0.05) is 5.56 Å². The van der Waals surface area contributed by atoms with Crippen LogP contribution in [0.1, 0.15) is 27.2 Å². The Morgan fingerprint density at radius 2 is 1.82 bits per heavy atom. The van der Waals surface area contributed by atoms with E-state index in [9.17, 15) is 26.7 Å². The minimum absolute atomic E-state index is 0.0281. The quantitative estimate of drug-likeness (QED) is 0.258. The molecule has 0 saturated carbocycles. The molecule has 0 atom stereocenters. The van der Waals surface area contributed by atoms with Crippen molar-refractivity contribution in [2.45, 2.75) is 6.18 Å². The molecule has 0 unspecified atom stereocenters. The number of nitrogens with one attached hydrogen (secondary N) is 3. The molecule has 3 N–H and O–H groups in total. The van der Waals surface area contributed by atoms with Gasteiger partial charge in [-0.1, -0.05) is 0 Å². The average molecular weight is 467 g/mol. The average Bonchev–Trinajstić information content (AvgIpc) is 3.30. The van der Waals surface area contributed by atoms with Crippen LogP contribution in [-0.2, 0) is 10.9 Å². The number of carbonyl (C=O) groups excluding carboxylic acids is 1. The molecule has 0 bridgehead atoms. The number of carbonyl (C=O) groups is 1. The second-order valence-electron chi connectivity index (χ2n) is 6.35. The second kappa shape index (κ2) is 9.51. The van der Waals surface area contributed by atoms with Crippen LogP contribution in [0.3, 0.4) is 0 Å². The largest absolute Gasteiger partial charge is 0.462 e. The molecule has 1 amide bonds. The molecule has 0 aliphatic rings. The zero-order valence-electron chi connectivity index (χ0n) is 16.4. The van der Waals surface area contributed by atoms with Crippen LogP contribution in [-0.4, -0.2) is 24.6 Å². The number of alkyl halides is 4. The van der Waals surface area contributed by atoms with Crippen molar-refractivity contribution in [2.24, 2.45) is 0 Å². The summed E-state index contributed by atoms with van der Waals surface area (Å²) in [6.07, 6.45) is -3.50. The van der Waals surface area contributed by atoms with Crippen molar-refractivity contribution in [1.29, 1.82) is 10.8 Å². The number of benzene rings is 2. The summed E-state index contributed by atoms with van der Waals surface area (Å²) in [5.41, 5.74) is -2.44. The molecule has 0 aliphatic carbocycles. The standard InChI is InChI=1S/C21H14F5N3O4/c22-10-32-16-6-4-12(21(24,25)26)9-13(16)20(30)29-15-8-11(3-5-14(15)23)18(27)33-19(28)17-2-1-7-31-17/h1-9,27-28H,10H2,(H,29,30). The highest BCUT2D eigenvalue weighted by molar-refractivity contribution is 6.08. The molecule has 3 rings (SSSR count). The maximum atomic E-state index is 14.3. The van der Waals surface area contributed by atoms with Crippen LogP contribution in [0.15, 0.2) is 59.2 Å². The van der Waals surface area contributed by atoms with Crippen molar-refractivity contribution in [1.82, 2.24) is 0 Å². The Morgan fingerprint density at radius 1 is 1.06 bits per heavy atom. The van der Waals surface area contributed by atoms with Gasteiger partial charge in [-0.05, 0) is 48.5 Å². The molecule has 1 aromatic heterocycles. The van der Waals surface area contributed by atoms with E-state index in [0.717, 1.165) is 24.3 Å². The van der Waals surface area contributed by atoms with Gasteiger partial charge in [-0.2, -0.15) is 13.2 Å². The number of hydrogen-bond acceptors (Lipinski definition) is 6. The fraction of sp³-hybridized carbons (Fsp3) is 0.0952. The van der Waals surface area contributed by atoms with Crippen LogP contribution < -0.4 is 10.1 Å². The maximum Gasteiger partial charge on any atom is 0.416 e. The lowest BCUT2D eigenvalue weighted by atomic mass is 10.1. The third kappa shape index (κ3) is 5.53. The molecule has 0 radical (unpaired) electrons. The van der Waals surface area contributed by atoms with Crippen molar-refractivity contribution in [3.63, 3.8) is 0 Å². The molecule has 7 nitrogen and oxygen atoms in total. The van der Waals surface area contributed by atoms with Crippen molar-refractivity contribution in [2.75, 3.05) is 12.2 Å². The molecule has 33 heavy (non-hydrogen) atoms. The van der Waals surface area contributed by atoms with Crippen molar-refractivity contribution >= 4 is 23.4 Å². The molecule has 0 aliphatic heterocycles. The van der Waals surface area contributed by atoms with E-state index in [1.807, 2.05) is 0 Å². The van der Waals surface area contributed by atoms with Gasteiger partial charge >= 0.3 is 6.18 Å². The van der Waals surface area contributed by atoms with E-state index in [1.165, 1.54) is 18.4 Å². The minimum atomic E-state index is -4.79. The molecule has 12 heteroatoms. The van der Waals surface area contributed by atoms with E-state index in [2.05, 4.69) is 10.1 Å². The third-order valence-corrected chi connectivity index (χ3v) is 4.19. The van der Waals surface area contributed by atoms with Crippen molar-refractivity contribution < 1.29 is 40.6 Å². The Hall–Kier alpha value is -4.22. The molecule has 0 spiro atoms. The number of hydrogen-bond donors (Lipinski definition) is 3. The first-order chi connectivity index (χ1) is 15.6. The summed E-state index contributed by atoms with van der Waals surface area (Å²) in [5, 5.41) is 17.8. The summed E-state index contributed by atoms with van der Waals surface area (Å²) in [6, 6.07) is 7.72. The van der Waals surface area contributed by atoms with Gasteiger partial charge in [-0.15, -0.1) is 0 Å². The van der Waals surface area contributed by atoms with Crippen LogP contribution in [0.25, 0.3) is 0 Å². The molecule has 2 aromatic carbocycles. The Kier molecular flexibility index (Phi) is 6.75. The van der Waals surface area contributed by atoms with Crippen LogP contribution in [0.4, 0.5) is 27.6 Å². The van der Waals surface area contributed by atoms with Gasteiger partial charge in [0.1, 0.15) is 11.6 Å². The van der Waals surface area contributed by atoms with E-state index in [4.69, 9.17) is 20.0 Å². The van der Waals surface area contributed by atoms with E-state index in [0.29, 0.717) is 12.1 Å². The van der Waals surface area contributed by atoms with Crippen molar-refractivity contribution in [3.8, 4) is 5.75 Å². The first-order valence-corrected chi connectivity index (χ1v) is 9.00. The summed E-state index contributed by atoms with van der Waals surface area (Å²) >= 11 is 0. The lowest BCUT2D eigenvalue weighted by Crippen LogP contribution is -2.17. The molecule has 0 saturated heterocycles. The monoisotopic (exact) mass is 467 g/mol. The molecule has 172 valence electrons. The topological polar surface area (TPSA) is 108 Å². The summed E-state index contributed by atoms with van der Waals surface area (Å²) in [6.45, 7) is -1.41. The fourth-order valence-electron chi connectivity index (χ4n) is 2.64. The highest BCUT2D eigenvalue weighted by Gasteiger charge is 2.32. The number of halogens is 5. The zero-order valence-corrected chi connectivity index (χ0v) is 16.4. The van der Waals surface area contributed by atoms with Gasteiger partial charge in [0.25, 0.3) is 11.8 Å². The highest BCUT2D eigenvalue weighted by atomic mass is 19.4. The van der Waals surface area contributed by atoms with E-state index in [1.54, 1.807) is 0 Å². The predicted octanol–water partition coefficient (Wildman–Crippen LogP) is 5.36. The normalized spacial score (nSPS) is 11.1. The number of amides is 1. The van der Waals surface area contributed by atoms with E-state index in [-0.39, 0.29) is 11.3 Å². The zero-order chi connectivity index (χ0) is 24.2. The smallest absolute Gasteiger partial charge is 0.416 e. The number of rotatable bonds is 6. The molecule has 1 heterocycles. The Balaban J connectivity index is 1.85. The van der Waals surface area contributed by atoms with Crippen LogP contribution in [0.5, 0.6) is 5.75 Å². The maximum absolute atomic E-state index is 14.3. The molecular weight excluding hydrogens is 453 g/mol. The summed E-state index contributed by atoms with van der Waals surface area (Å²) in [4.78, 5) is 12.6. The lowest BCUT2D eigenvalue weighted by molar-refractivity contribution is -0.137. The van der Waals surface area contributed by atoms with E-state index >= 15 is 0 Å². The van der Waals surface area contributed by atoms with Crippen molar-refractivity contribution in [3.05, 3.63) is 83.1 Å². The van der Waals surface area contributed by atoms with Gasteiger partial charge in [-0.25, -0.2) is 8.78 Å². The minimum Gasteiger partial charge on any atom is -0.462 e. The SMILES string of the molecule is N=C(OC(=N)c1ccco1)c1ccc(F)c(NC(=O)c2cc(C(F)(F)F)ccc2OCF)c1. The second-order valence-corrected chi connectivity index (χ2v) is 6.35. The lowest BCUT2D eigenvalue weighted by Gasteiger charge is -2.14. The van der Waals surface area contributed by atoms with Gasteiger partial charge in [0.05, 0.1) is 23.1 Å². The summed E-state index contributed by atoms with van der Waals surface area (Å²) < 4.78 is 80.5. The molecule has 0 fully saturated rings. The Labute approximate surface area is 182 Å². The summed E-state index contributed by atoms with van der Waals surface area (Å²) in [7, 11) is 0. The number of anilines is 1. The Bertz CT molecular complexity index is 1190. The Morgan fingerprint density at radius 3 is 2.45 bits per heavy atom. The first-order valence-electron chi connectivity index (χ1n) is 9.00. The van der Waals surface area contributed by atoms with Gasteiger partial charge < -0.3 is 19.2 Å². The number of furan rings is 1. The van der Waals surface area contributed by atoms with Gasteiger partial charge in [0.2, 0.25) is 12.8 Å². The fourth-order valence-corrected chi connectivity index (χ4v) is 2.64. The summed E-state index contributed by atoms with van der Waals surface area (Å²) in [5.74, 6) is -3.73. The van der Waals surface area contributed by atoms with Crippen LogP contribution in [0, 0.1) is 16.6 Å². The van der Waals surface area contributed by atoms with Crippen LogP contribution >= 0.6 is 0 Å². The van der Waals surface area contributed by atoms with Crippen LogP contribution in [0.2, 0.25) is 0 Å².